The van der Waals surface area contributed by atoms with Crippen LogP contribution in [0.15, 0.2) is 59.5 Å². The second-order valence-corrected chi connectivity index (χ2v) is 6.07. The van der Waals surface area contributed by atoms with Crippen LogP contribution >= 0.6 is 11.8 Å². The van der Waals surface area contributed by atoms with Crippen molar-refractivity contribution in [3.8, 4) is 0 Å². The van der Waals surface area contributed by atoms with Gasteiger partial charge in [0.2, 0.25) is 0 Å². The molecule has 0 heterocycles. The molecule has 0 saturated heterocycles. The normalized spacial score (nSPS) is 10.5. The van der Waals surface area contributed by atoms with Crippen molar-refractivity contribution in [3.63, 3.8) is 0 Å². The largest absolute Gasteiger partial charge is 0.452 e. The van der Waals surface area contributed by atoms with E-state index in [9.17, 15) is 18.4 Å². The van der Waals surface area contributed by atoms with Gasteiger partial charge in [0.05, 0.1) is 5.56 Å². The number of carbonyl (C=O) groups is 2. The molecule has 2 aromatic rings. The van der Waals surface area contributed by atoms with E-state index in [0.717, 1.165) is 5.56 Å². The van der Waals surface area contributed by atoms with Crippen LogP contribution in [0.2, 0.25) is 0 Å². The van der Waals surface area contributed by atoms with Gasteiger partial charge >= 0.3 is 5.97 Å². The van der Waals surface area contributed by atoms with E-state index in [4.69, 9.17) is 4.74 Å². The Morgan fingerprint density at radius 2 is 1.72 bits per heavy atom. The number of amides is 1. The number of hydrogen-bond acceptors (Lipinski definition) is 4. The van der Waals surface area contributed by atoms with Gasteiger partial charge in [0.25, 0.3) is 11.7 Å². The van der Waals surface area contributed by atoms with E-state index in [1.165, 1.54) is 12.1 Å². The summed E-state index contributed by atoms with van der Waals surface area (Å²) < 4.78 is 29.9. The zero-order valence-corrected chi connectivity index (χ0v) is 14.1. The number of ether oxygens (including phenoxy) is 1. The number of hydrogen-bond donors (Lipinski definition) is 1. The van der Waals surface area contributed by atoms with Gasteiger partial charge in [-0.3, -0.25) is 4.79 Å². The van der Waals surface area contributed by atoms with Gasteiger partial charge in [-0.25, -0.2) is 4.79 Å². The second-order valence-electron chi connectivity index (χ2n) is 5.04. The fraction of sp³-hybridized carbons (Fsp3) is 0.222. The first-order valence-corrected chi connectivity index (χ1v) is 8.46. The van der Waals surface area contributed by atoms with Gasteiger partial charge in [-0.05, 0) is 24.1 Å². The van der Waals surface area contributed by atoms with Crippen molar-refractivity contribution >= 4 is 23.6 Å². The average Bonchev–Trinajstić information content (AvgIpc) is 2.60. The van der Waals surface area contributed by atoms with Crippen molar-refractivity contribution in [3.05, 3.63) is 65.7 Å². The number of benzene rings is 2. The van der Waals surface area contributed by atoms with Gasteiger partial charge in [-0.15, -0.1) is 0 Å². The number of alkyl halides is 2. The van der Waals surface area contributed by atoms with Crippen molar-refractivity contribution in [1.29, 1.82) is 0 Å². The highest BCUT2D eigenvalue weighted by Gasteiger charge is 2.17. The fourth-order valence-electron chi connectivity index (χ4n) is 2.08. The van der Waals surface area contributed by atoms with Crippen molar-refractivity contribution in [2.45, 2.75) is 17.1 Å². The maximum absolute atomic E-state index is 12.5. The molecule has 0 atom stereocenters. The van der Waals surface area contributed by atoms with Gasteiger partial charge in [0.1, 0.15) is 0 Å². The topological polar surface area (TPSA) is 55.4 Å². The summed E-state index contributed by atoms with van der Waals surface area (Å²) >= 11 is 0.264. The summed E-state index contributed by atoms with van der Waals surface area (Å²) in [5.74, 6) is -3.89. The monoisotopic (exact) mass is 365 g/mol. The summed E-state index contributed by atoms with van der Waals surface area (Å²) in [4.78, 5) is 23.8. The van der Waals surface area contributed by atoms with E-state index < -0.39 is 24.2 Å². The third-order valence-corrected chi connectivity index (χ3v) is 4.02. The number of halogens is 2. The zero-order chi connectivity index (χ0) is 18.1. The van der Waals surface area contributed by atoms with Gasteiger partial charge in [0.15, 0.2) is 6.61 Å². The molecule has 25 heavy (non-hydrogen) atoms. The highest BCUT2D eigenvalue weighted by Crippen LogP contribution is 2.28. The summed E-state index contributed by atoms with van der Waals surface area (Å²) in [6.45, 7) is -0.0421. The highest BCUT2D eigenvalue weighted by molar-refractivity contribution is 7.99. The molecule has 4 nitrogen and oxygen atoms in total. The Bertz CT molecular complexity index is 710. The van der Waals surface area contributed by atoms with E-state index in [2.05, 4.69) is 5.32 Å². The van der Waals surface area contributed by atoms with E-state index in [1.807, 2.05) is 30.3 Å². The van der Waals surface area contributed by atoms with Gasteiger partial charge in [0, 0.05) is 11.4 Å². The molecule has 1 amide bonds. The fourth-order valence-corrected chi connectivity index (χ4v) is 2.71. The molecule has 0 radical (unpaired) electrons. The third kappa shape index (κ3) is 6.54. The van der Waals surface area contributed by atoms with Crippen LogP contribution < -0.4 is 5.32 Å². The first-order valence-electron chi connectivity index (χ1n) is 7.58. The molecule has 0 aliphatic rings. The molecule has 2 rings (SSSR count). The number of carbonyl (C=O) groups excluding carboxylic acids is 2. The van der Waals surface area contributed by atoms with Crippen molar-refractivity contribution in [2.24, 2.45) is 0 Å². The SMILES string of the molecule is O=C(COC(=O)c1ccccc1SC(F)F)NCCc1ccccc1. The lowest BCUT2D eigenvalue weighted by Gasteiger charge is -2.09. The first kappa shape index (κ1) is 18.9. The summed E-state index contributed by atoms with van der Waals surface area (Å²) in [6, 6.07) is 15.5. The number of rotatable bonds is 8. The van der Waals surface area contributed by atoms with Gasteiger partial charge in [-0.2, -0.15) is 8.78 Å². The van der Waals surface area contributed by atoms with Crippen LogP contribution in [0.3, 0.4) is 0 Å². The minimum absolute atomic E-state index is 0.0184. The van der Waals surface area contributed by atoms with Crippen molar-refractivity contribution < 1.29 is 23.1 Å². The molecule has 0 unspecified atom stereocenters. The molecule has 0 spiro atoms. The molecule has 2 aromatic carbocycles. The Hall–Kier alpha value is -2.41. The average molecular weight is 365 g/mol. The summed E-state index contributed by atoms with van der Waals surface area (Å²) in [7, 11) is 0. The van der Waals surface area contributed by atoms with E-state index in [1.54, 1.807) is 12.1 Å². The van der Waals surface area contributed by atoms with Crippen LogP contribution in [0, 0.1) is 0 Å². The molecular formula is C18H17F2NO3S. The molecule has 0 bridgehead atoms. The number of nitrogens with one attached hydrogen (secondary N) is 1. The van der Waals surface area contributed by atoms with Crippen LogP contribution in [0.25, 0.3) is 0 Å². The van der Waals surface area contributed by atoms with Crippen LogP contribution in [0.4, 0.5) is 8.78 Å². The highest BCUT2D eigenvalue weighted by atomic mass is 32.2. The molecular weight excluding hydrogens is 348 g/mol. The predicted octanol–water partition coefficient (Wildman–Crippen LogP) is 3.52. The van der Waals surface area contributed by atoms with Gasteiger partial charge < -0.3 is 10.1 Å². The molecule has 0 saturated carbocycles. The number of esters is 1. The molecule has 132 valence electrons. The van der Waals surface area contributed by atoms with Crippen molar-refractivity contribution in [2.75, 3.05) is 13.2 Å². The van der Waals surface area contributed by atoms with E-state index in [-0.39, 0.29) is 22.2 Å². The maximum Gasteiger partial charge on any atom is 0.339 e. The van der Waals surface area contributed by atoms with Crippen LogP contribution in [0.5, 0.6) is 0 Å². The Balaban J connectivity index is 1.78. The third-order valence-electron chi connectivity index (χ3n) is 3.24. The standard InChI is InChI=1S/C18H17F2NO3S/c19-18(20)25-15-9-5-4-8-14(15)17(23)24-12-16(22)21-11-10-13-6-2-1-3-7-13/h1-9,18H,10-12H2,(H,21,22). The van der Waals surface area contributed by atoms with Crippen LogP contribution in [0.1, 0.15) is 15.9 Å². The van der Waals surface area contributed by atoms with E-state index in [0.29, 0.717) is 13.0 Å². The van der Waals surface area contributed by atoms with Gasteiger partial charge in [-0.1, -0.05) is 54.2 Å². The summed E-state index contributed by atoms with van der Waals surface area (Å²) in [5.41, 5.74) is 1.10. The van der Waals surface area contributed by atoms with Crippen molar-refractivity contribution in [1.82, 2.24) is 5.32 Å². The lowest BCUT2D eigenvalue weighted by Crippen LogP contribution is -2.30. The second kappa shape index (κ2) is 9.78. The minimum atomic E-state index is -2.64. The Morgan fingerprint density at radius 1 is 1.04 bits per heavy atom. The van der Waals surface area contributed by atoms with E-state index >= 15 is 0 Å². The molecule has 7 heteroatoms. The molecule has 0 aromatic heterocycles. The Kier molecular flexibility index (Phi) is 7.40. The Labute approximate surface area is 148 Å². The Morgan fingerprint density at radius 3 is 2.44 bits per heavy atom. The number of thioether (sulfide) groups is 1. The van der Waals surface area contributed by atoms with Crippen LogP contribution in [-0.2, 0) is 16.0 Å². The van der Waals surface area contributed by atoms with Crippen LogP contribution in [-0.4, -0.2) is 30.8 Å². The predicted molar refractivity (Wildman–Crippen MR) is 91.7 cm³/mol. The summed E-state index contributed by atoms with van der Waals surface area (Å²) in [5, 5.41) is 2.64. The lowest BCUT2D eigenvalue weighted by molar-refractivity contribution is -0.124. The smallest absolute Gasteiger partial charge is 0.339 e. The maximum atomic E-state index is 12.5. The molecule has 0 aliphatic heterocycles. The lowest BCUT2D eigenvalue weighted by atomic mass is 10.1. The molecule has 1 N–H and O–H groups in total. The molecule has 0 aliphatic carbocycles. The zero-order valence-electron chi connectivity index (χ0n) is 13.3. The quantitative estimate of drug-likeness (QED) is 0.574. The summed E-state index contributed by atoms with van der Waals surface area (Å²) in [6.07, 6.45) is 0.661. The first-order chi connectivity index (χ1) is 12.1. The minimum Gasteiger partial charge on any atom is -0.452 e. The molecule has 0 fully saturated rings.